The standard InChI is InChI=1S/C14H16FN3O2/c15-11-7-8(4-5-12(11)19)13-17-14(20-18-13)9-2-1-3-10(16)6-9/h4-5,7,9-10,19H,1-3,6,16H2. The average Bonchev–Trinajstić information content (AvgIpc) is 2.92. The molecule has 1 heterocycles. The van der Waals surface area contributed by atoms with Crippen LogP contribution in [0, 0.1) is 5.82 Å². The molecule has 1 saturated carbocycles. The first kappa shape index (κ1) is 13.1. The Bertz CT molecular complexity index is 614. The van der Waals surface area contributed by atoms with Gasteiger partial charge in [0.05, 0.1) is 0 Å². The molecule has 1 aromatic heterocycles. The predicted octanol–water partition coefficient (Wildman–Crippen LogP) is 2.57. The van der Waals surface area contributed by atoms with Crippen LogP contribution in [0.1, 0.15) is 37.5 Å². The van der Waals surface area contributed by atoms with Gasteiger partial charge in [-0.2, -0.15) is 4.98 Å². The first-order chi connectivity index (χ1) is 9.63. The molecule has 20 heavy (non-hydrogen) atoms. The molecule has 0 amide bonds. The van der Waals surface area contributed by atoms with Crippen molar-refractivity contribution in [3.63, 3.8) is 0 Å². The molecular formula is C14H16FN3O2. The molecular weight excluding hydrogens is 261 g/mol. The minimum atomic E-state index is -0.700. The van der Waals surface area contributed by atoms with E-state index in [1.165, 1.54) is 12.1 Å². The molecule has 0 aliphatic heterocycles. The van der Waals surface area contributed by atoms with Crippen molar-refractivity contribution in [1.29, 1.82) is 0 Å². The van der Waals surface area contributed by atoms with Gasteiger partial charge in [-0.15, -0.1) is 0 Å². The SMILES string of the molecule is NC1CCCC(c2nc(-c3ccc(O)c(F)c3)no2)C1. The van der Waals surface area contributed by atoms with Gasteiger partial charge in [-0.1, -0.05) is 11.6 Å². The molecule has 2 atom stereocenters. The van der Waals surface area contributed by atoms with Crippen molar-refractivity contribution in [2.75, 3.05) is 0 Å². The van der Waals surface area contributed by atoms with E-state index in [9.17, 15) is 9.50 Å². The second-order valence-electron chi connectivity index (χ2n) is 5.25. The van der Waals surface area contributed by atoms with Gasteiger partial charge in [0.15, 0.2) is 11.6 Å². The average molecular weight is 277 g/mol. The molecule has 0 saturated heterocycles. The van der Waals surface area contributed by atoms with E-state index in [1.807, 2.05) is 0 Å². The number of halogens is 1. The molecule has 1 aliphatic rings. The molecule has 6 heteroatoms. The van der Waals surface area contributed by atoms with E-state index in [-0.39, 0.29) is 12.0 Å². The molecule has 106 valence electrons. The summed E-state index contributed by atoms with van der Waals surface area (Å²) in [5, 5.41) is 13.1. The maximum absolute atomic E-state index is 13.3. The molecule has 1 aromatic carbocycles. The fourth-order valence-corrected chi connectivity index (χ4v) is 2.62. The van der Waals surface area contributed by atoms with Crippen LogP contribution in [-0.2, 0) is 0 Å². The summed E-state index contributed by atoms with van der Waals surface area (Å²) in [6.07, 6.45) is 3.91. The molecule has 0 bridgehead atoms. The van der Waals surface area contributed by atoms with Gasteiger partial charge in [-0.25, -0.2) is 4.39 Å². The molecule has 3 N–H and O–H groups in total. The van der Waals surface area contributed by atoms with Crippen molar-refractivity contribution in [2.45, 2.75) is 37.6 Å². The predicted molar refractivity (Wildman–Crippen MR) is 70.5 cm³/mol. The zero-order valence-corrected chi connectivity index (χ0v) is 10.9. The number of benzene rings is 1. The van der Waals surface area contributed by atoms with E-state index >= 15 is 0 Å². The highest BCUT2D eigenvalue weighted by atomic mass is 19.1. The number of aromatic nitrogens is 2. The summed E-state index contributed by atoms with van der Waals surface area (Å²) in [6, 6.07) is 4.20. The summed E-state index contributed by atoms with van der Waals surface area (Å²) in [5.74, 6) is -0.0205. The summed E-state index contributed by atoms with van der Waals surface area (Å²) >= 11 is 0. The second kappa shape index (κ2) is 5.20. The molecule has 1 aliphatic carbocycles. The van der Waals surface area contributed by atoms with Gasteiger partial charge in [0.2, 0.25) is 11.7 Å². The third-order valence-electron chi connectivity index (χ3n) is 3.71. The third kappa shape index (κ3) is 2.51. The van der Waals surface area contributed by atoms with Crippen LogP contribution < -0.4 is 5.73 Å². The summed E-state index contributed by atoms with van der Waals surface area (Å²) in [6.45, 7) is 0. The van der Waals surface area contributed by atoms with Gasteiger partial charge < -0.3 is 15.4 Å². The Balaban J connectivity index is 1.84. The molecule has 3 rings (SSSR count). The Kier molecular flexibility index (Phi) is 3.40. The summed E-state index contributed by atoms with van der Waals surface area (Å²) in [4.78, 5) is 4.33. The monoisotopic (exact) mass is 277 g/mol. The van der Waals surface area contributed by atoms with Crippen LogP contribution in [-0.4, -0.2) is 21.3 Å². The van der Waals surface area contributed by atoms with Crippen molar-refractivity contribution < 1.29 is 14.0 Å². The summed E-state index contributed by atoms with van der Waals surface area (Å²) in [7, 11) is 0. The van der Waals surface area contributed by atoms with Gasteiger partial charge in [0.1, 0.15) is 0 Å². The van der Waals surface area contributed by atoms with Crippen molar-refractivity contribution >= 4 is 0 Å². The van der Waals surface area contributed by atoms with E-state index < -0.39 is 11.6 Å². The quantitative estimate of drug-likeness (QED) is 0.881. The lowest BCUT2D eigenvalue weighted by atomic mass is 9.86. The maximum Gasteiger partial charge on any atom is 0.230 e. The van der Waals surface area contributed by atoms with Gasteiger partial charge in [0.25, 0.3) is 0 Å². The Morgan fingerprint density at radius 2 is 2.20 bits per heavy atom. The van der Waals surface area contributed by atoms with E-state index in [0.717, 1.165) is 25.7 Å². The fourth-order valence-electron chi connectivity index (χ4n) is 2.62. The zero-order chi connectivity index (χ0) is 14.1. The topological polar surface area (TPSA) is 85.2 Å². The van der Waals surface area contributed by atoms with Crippen molar-refractivity contribution in [3.8, 4) is 17.1 Å². The van der Waals surface area contributed by atoms with E-state index in [4.69, 9.17) is 10.3 Å². The molecule has 5 nitrogen and oxygen atoms in total. The van der Waals surface area contributed by atoms with Crippen LogP contribution in [0.15, 0.2) is 22.7 Å². The highest BCUT2D eigenvalue weighted by Crippen LogP contribution is 2.32. The highest BCUT2D eigenvalue weighted by Gasteiger charge is 2.25. The maximum atomic E-state index is 13.3. The number of nitrogens with zero attached hydrogens (tertiary/aromatic N) is 2. The smallest absolute Gasteiger partial charge is 0.230 e. The minimum absolute atomic E-state index is 0.176. The Morgan fingerprint density at radius 1 is 1.35 bits per heavy atom. The van der Waals surface area contributed by atoms with Crippen molar-refractivity contribution in [3.05, 3.63) is 29.9 Å². The number of phenolic OH excluding ortho intramolecular Hbond substituents is 1. The van der Waals surface area contributed by atoms with Gasteiger partial charge >= 0.3 is 0 Å². The van der Waals surface area contributed by atoms with E-state index in [1.54, 1.807) is 6.07 Å². The minimum Gasteiger partial charge on any atom is -0.505 e. The van der Waals surface area contributed by atoms with Crippen molar-refractivity contribution in [1.82, 2.24) is 10.1 Å². The van der Waals surface area contributed by atoms with Crippen LogP contribution in [0.25, 0.3) is 11.4 Å². The van der Waals surface area contributed by atoms with Crippen LogP contribution in [0.3, 0.4) is 0 Å². The number of nitrogens with two attached hydrogens (primary N) is 1. The number of hydrogen-bond acceptors (Lipinski definition) is 5. The zero-order valence-electron chi connectivity index (χ0n) is 10.9. The fraction of sp³-hybridized carbons (Fsp3) is 0.429. The van der Waals surface area contributed by atoms with Crippen LogP contribution in [0.5, 0.6) is 5.75 Å². The number of phenols is 1. The van der Waals surface area contributed by atoms with Crippen LogP contribution in [0.2, 0.25) is 0 Å². The lowest BCUT2D eigenvalue weighted by Gasteiger charge is -2.23. The van der Waals surface area contributed by atoms with Crippen molar-refractivity contribution in [2.24, 2.45) is 5.73 Å². The Hall–Kier alpha value is -1.95. The molecule has 2 unspecified atom stereocenters. The normalized spacial score (nSPS) is 22.9. The van der Waals surface area contributed by atoms with Crippen LogP contribution >= 0.6 is 0 Å². The first-order valence-corrected chi connectivity index (χ1v) is 6.71. The summed E-state index contributed by atoms with van der Waals surface area (Å²) in [5.41, 5.74) is 6.43. The number of rotatable bonds is 2. The third-order valence-corrected chi connectivity index (χ3v) is 3.71. The highest BCUT2D eigenvalue weighted by molar-refractivity contribution is 5.55. The van der Waals surface area contributed by atoms with Crippen LogP contribution in [0.4, 0.5) is 4.39 Å². The van der Waals surface area contributed by atoms with Gasteiger partial charge in [-0.3, -0.25) is 0 Å². The lowest BCUT2D eigenvalue weighted by molar-refractivity contribution is 0.299. The first-order valence-electron chi connectivity index (χ1n) is 6.71. The second-order valence-corrected chi connectivity index (χ2v) is 5.25. The molecule has 2 aromatic rings. The number of hydrogen-bond donors (Lipinski definition) is 2. The Labute approximate surface area is 115 Å². The molecule has 0 radical (unpaired) electrons. The molecule has 0 spiro atoms. The number of aromatic hydroxyl groups is 1. The molecule has 1 fully saturated rings. The van der Waals surface area contributed by atoms with Gasteiger partial charge in [-0.05, 0) is 37.5 Å². The summed E-state index contributed by atoms with van der Waals surface area (Å²) < 4.78 is 18.6. The van der Waals surface area contributed by atoms with E-state index in [0.29, 0.717) is 17.3 Å². The lowest BCUT2D eigenvalue weighted by Crippen LogP contribution is -2.26. The van der Waals surface area contributed by atoms with Gasteiger partial charge in [0, 0.05) is 17.5 Å². The Morgan fingerprint density at radius 3 is 2.95 bits per heavy atom. The van der Waals surface area contributed by atoms with E-state index in [2.05, 4.69) is 10.1 Å². The largest absolute Gasteiger partial charge is 0.505 e.